The van der Waals surface area contributed by atoms with Gasteiger partial charge in [0.25, 0.3) is 10.0 Å². The number of halogens is 1. The number of hydrogen-bond acceptors (Lipinski definition) is 5. The Morgan fingerprint density at radius 1 is 0.939 bits per heavy atom. The number of methoxy groups -OCH3 is 1. The summed E-state index contributed by atoms with van der Waals surface area (Å²) in [4.78, 5) is 12.7. The average molecular weight is 473 g/mol. The van der Waals surface area contributed by atoms with E-state index in [1.807, 2.05) is 6.92 Å². The van der Waals surface area contributed by atoms with Gasteiger partial charge in [0, 0.05) is 0 Å². The number of nitrogens with one attached hydrogen (secondary N) is 1. The minimum atomic E-state index is -4.00. The first-order valence-corrected chi connectivity index (χ1v) is 11.6. The van der Waals surface area contributed by atoms with E-state index in [0.717, 1.165) is 9.87 Å². The summed E-state index contributed by atoms with van der Waals surface area (Å²) in [6, 6.07) is 18.3. The Labute approximate surface area is 192 Å². The molecule has 1 amide bonds. The molecule has 0 spiro atoms. The number of hydrogen-bond donors (Lipinski definition) is 1. The Bertz CT molecular complexity index is 1160. The lowest BCUT2D eigenvalue weighted by molar-refractivity contribution is -0.119. The molecule has 3 aromatic carbocycles. The number of nitrogens with zero attached hydrogens (tertiary/aromatic N) is 1. The van der Waals surface area contributed by atoms with E-state index in [0.29, 0.717) is 17.2 Å². The zero-order chi connectivity index (χ0) is 23.8. The first-order valence-electron chi connectivity index (χ1n) is 10.2. The van der Waals surface area contributed by atoms with Gasteiger partial charge in [0.15, 0.2) is 0 Å². The first-order chi connectivity index (χ1) is 15.8. The highest BCUT2D eigenvalue weighted by Crippen LogP contribution is 2.26. The topological polar surface area (TPSA) is 84.9 Å². The number of rotatable bonds is 10. The van der Waals surface area contributed by atoms with Crippen LogP contribution in [-0.2, 0) is 14.8 Å². The van der Waals surface area contributed by atoms with Gasteiger partial charge in [0.1, 0.15) is 30.5 Å². The summed E-state index contributed by atoms with van der Waals surface area (Å²) in [7, 11) is -2.49. The van der Waals surface area contributed by atoms with Crippen LogP contribution in [0.2, 0.25) is 0 Å². The van der Waals surface area contributed by atoms with Gasteiger partial charge in [-0.2, -0.15) is 0 Å². The molecule has 0 aliphatic rings. The van der Waals surface area contributed by atoms with Gasteiger partial charge in [-0.05, 0) is 67.6 Å². The summed E-state index contributed by atoms with van der Waals surface area (Å²) in [6.45, 7) is 1.74. The lowest BCUT2D eigenvalue weighted by Gasteiger charge is -2.24. The summed E-state index contributed by atoms with van der Waals surface area (Å²) in [5.41, 5.74) is 1.25. The third-order valence-electron chi connectivity index (χ3n) is 4.76. The van der Waals surface area contributed by atoms with E-state index in [-0.39, 0.29) is 23.9 Å². The molecule has 0 aliphatic heterocycles. The monoisotopic (exact) mass is 472 g/mol. The van der Waals surface area contributed by atoms with Gasteiger partial charge in [-0.15, -0.1) is 0 Å². The van der Waals surface area contributed by atoms with Crippen LogP contribution in [0.15, 0.2) is 77.7 Å². The predicted octanol–water partition coefficient (Wildman–Crippen LogP) is 3.53. The summed E-state index contributed by atoms with van der Waals surface area (Å²) < 4.78 is 51.3. The standard InChI is InChI=1S/C24H25FN2O5S/c1-18-3-13-23(14-4-18)33(29,30)27(20-7-11-21(31-2)12-8-20)17-24(28)26-15-16-32-22-9-5-19(25)6-10-22/h3-14H,15-17H2,1-2H3,(H,26,28). The number of benzene rings is 3. The molecule has 174 valence electrons. The first kappa shape index (κ1) is 24.1. The Balaban J connectivity index is 1.71. The van der Waals surface area contributed by atoms with Gasteiger partial charge in [-0.3, -0.25) is 9.10 Å². The van der Waals surface area contributed by atoms with Crippen molar-refractivity contribution in [3.8, 4) is 11.5 Å². The smallest absolute Gasteiger partial charge is 0.264 e. The third-order valence-corrected chi connectivity index (χ3v) is 6.55. The number of aryl methyl sites for hydroxylation is 1. The predicted molar refractivity (Wildman–Crippen MR) is 124 cm³/mol. The molecule has 9 heteroatoms. The van der Waals surface area contributed by atoms with E-state index in [4.69, 9.17) is 9.47 Å². The lowest BCUT2D eigenvalue weighted by atomic mass is 10.2. The van der Waals surface area contributed by atoms with Crippen molar-refractivity contribution in [2.24, 2.45) is 0 Å². The van der Waals surface area contributed by atoms with Crippen LogP contribution in [0.5, 0.6) is 11.5 Å². The fourth-order valence-electron chi connectivity index (χ4n) is 2.98. The van der Waals surface area contributed by atoms with Crippen molar-refractivity contribution in [1.82, 2.24) is 5.32 Å². The second-order valence-electron chi connectivity index (χ2n) is 7.18. The lowest BCUT2D eigenvalue weighted by Crippen LogP contribution is -2.41. The zero-order valence-electron chi connectivity index (χ0n) is 18.3. The average Bonchev–Trinajstić information content (AvgIpc) is 2.82. The molecule has 33 heavy (non-hydrogen) atoms. The Morgan fingerprint density at radius 2 is 1.55 bits per heavy atom. The largest absolute Gasteiger partial charge is 0.497 e. The van der Waals surface area contributed by atoms with E-state index >= 15 is 0 Å². The van der Waals surface area contributed by atoms with Crippen molar-refractivity contribution in [3.05, 3.63) is 84.2 Å². The van der Waals surface area contributed by atoms with Crippen LogP contribution in [-0.4, -0.2) is 41.1 Å². The van der Waals surface area contributed by atoms with Gasteiger partial charge >= 0.3 is 0 Å². The van der Waals surface area contributed by atoms with E-state index < -0.39 is 22.5 Å². The Morgan fingerprint density at radius 3 is 2.15 bits per heavy atom. The highest BCUT2D eigenvalue weighted by atomic mass is 32.2. The van der Waals surface area contributed by atoms with Crippen molar-refractivity contribution < 1.29 is 27.1 Å². The fourth-order valence-corrected chi connectivity index (χ4v) is 4.40. The molecule has 0 heterocycles. The van der Waals surface area contributed by atoms with Gasteiger partial charge < -0.3 is 14.8 Å². The molecule has 0 saturated heterocycles. The number of ether oxygens (including phenoxy) is 2. The maximum absolute atomic E-state index is 13.3. The highest BCUT2D eigenvalue weighted by molar-refractivity contribution is 7.92. The van der Waals surface area contributed by atoms with E-state index in [1.165, 1.54) is 43.5 Å². The van der Waals surface area contributed by atoms with E-state index in [9.17, 15) is 17.6 Å². The van der Waals surface area contributed by atoms with Crippen LogP contribution >= 0.6 is 0 Å². The number of carbonyl (C=O) groups excluding carboxylic acids is 1. The van der Waals surface area contributed by atoms with Crippen LogP contribution in [0.3, 0.4) is 0 Å². The second kappa shape index (κ2) is 10.8. The molecule has 0 atom stereocenters. The quantitative estimate of drug-likeness (QED) is 0.457. The van der Waals surface area contributed by atoms with Crippen molar-refractivity contribution in [3.63, 3.8) is 0 Å². The van der Waals surface area contributed by atoms with Crippen LogP contribution in [0.1, 0.15) is 5.56 Å². The molecular weight excluding hydrogens is 447 g/mol. The molecular formula is C24H25FN2O5S. The van der Waals surface area contributed by atoms with Gasteiger partial charge in [-0.1, -0.05) is 17.7 Å². The third kappa shape index (κ3) is 6.45. The molecule has 0 fully saturated rings. The van der Waals surface area contributed by atoms with Crippen LogP contribution in [0.25, 0.3) is 0 Å². The van der Waals surface area contributed by atoms with E-state index in [2.05, 4.69) is 5.32 Å². The summed E-state index contributed by atoms with van der Waals surface area (Å²) >= 11 is 0. The van der Waals surface area contributed by atoms with Gasteiger partial charge in [0.05, 0.1) is 24.2 Å². The van der Waals surface area contributed by atoms with Crippen molar-refractivity contribution in [2.45, 2.75) is 11.8 Å². The molecule has 0 aliphatic carbocycles. The molecule has 3 rings (SSSR count). The minimum Gasteiger partial charge on any atom is -0.497 e. The normalized spacial score (nSPS) is 11.0. The number of anilines is 1. The summed E-state index contributed by atoms with van der Waals surface area (Å²) in [5, 5.41) is 2.65. The molecule has 0 radical (unpaired) electrons. The fraction of sp³-hybridized carbons (Fsp3) is 0.208. The van der Waals surface area contributed by atoms with Crippen LogP contribution in [0, 0.1) is 12.7 Å². The van der Waals surface area contributed by atoms with Crippen molar-refractivity contribution in [1.29, 1.82) is 0 Å². The summed E-state index contributed by atoms with van der Waals surface area (Å²) in [5.74, 6) is 0.162. The molecule has 0 bridgehead atoms. The Kier molecular flexibility index (Phi) is 7.89. The molecule has 3 aromatic rings. The van der Waals surface area contributed by atoms with Gasteiger partial charge in [-0.25, -0.2) is 12.8 Å². The maximum Gasteiger partial charge on any atom is 0.264 e. The molecule has 1 N–H and O–H groups in total. The molecule has 7 nitrogen and oxygen atoms in total. The van der Waals surface area contributed by atoms with Crippen LogP contribution < -0.4 is 19.1 Å². The van der Waals surface area contributed by atoms with Crippen molar-refractivity contribution in [2.75, 3.05) is 31.1 Å². The van der Waals surface area contributed by atoms with Gasteiger partial charge in [0.2, 0.25) is 5.91 Å². The SMILES string of the molecule is COc1ccc(N(CC(=O)NCCOc2ccc(F)cc2)S(=O)(=O)c2ccc(C)cc2)cc1. The van der Waals surface area contributed by atoms with Crippen LogP contribution in [0.4, 0.5) is 10.1 Å². The highest BCUT2D eigenvalue weighted by Gasteiger charge is 2.27. The minimum absolute atomic E-state index is 0.0800. The second-order valence-corrected chi connectivity index (χ2v) is 9.04. The zero-order valence-corrected chi connectivity index (χ0v) is 19.1. The summed E-state index contributed by atoms with van der Waals surface area (Å²) in [6.07, 6.45) is 0. The van der Waals surface area contributed by atoms with Crippen molar-refractivity contribution >= 4 is 21.6 Å². The Hall–Kier alpha value is -3.59. The number of sulfonamides is 1. The number of amides is 1. The molecule has 0 saturated carbocycles. The van der Waals surface area contributed by atoms with E-state index in [1.54, 1.807) is 36.4 Å². The number of carbonyl (C=O) groups is 1. The molecule has 0 aromatic heterocycles. The molecule has 0 unspecified atom stereocenters. The maximum atomic E-state index is 13.3.